The van der Waals surface area contributed by atoms with Gasteiger partial charge in [0.15, 0.2) is 16.6 Å². The minimum absolute atomic E-state index is 0.125. The topological polar surface area (TPSA) is 21.7 Å². The summed E-state index contributed by atoms with van der Waals surface area (Å²) in [5.74, 6) is 0. The van der Waals surface area contributed by atoms with E-state index >= 15 is 0 Å². The first kappa shape index (κ1) is 31.0. The lowest BCUT2D eigenvalue weighted by Crippen LogP contribution is -2.44. The van der Waals surface area contributed by atoms with Crippen LogP contribution in [0.25, 0.3) is 0 Å². The molecule has 3 nitrogen and oxygen atoms in total. The number of benzene rings is 1. The second-order valence-corrected chi connectivity index (χ2v) is 24.1. The third-order valence-corrected chi connectivity index (χ3v) is 17.1. The lowest BCUT2D eigenvalue weighted by molar-refractivity contribution is 0.160. The van der Waals surface area contributed by atoms with Crippen LogP contribution in [0.1, 0.15) is 73.4 Å². The van der Waals surface area contributed by atoms with Gasteiger partial charge in [-0.25, -0.2) is 0 Å². The third-order valence-electron chi connectivity index (χ3n) is 7.58. The van der Waals surface area contributed by atoms with Crippen LogP contribution in [0.4, 0.5) is 0 Å². The van der Waals surface area contributed by atoms with Gasteiger partial charge in [-0.05, 0) is 64.9 Å². The van der Waals surface area contributed by atoms with Crippen molar-refractivity contribution in [2.24, 2.45) is 0 Å². The molecule has 1 aromatic carbocycles. The van der Waals surface area contributed by atoms with E-state index in [1.807, 2.05) is 0 Å². The van der Waals surface area contributed by atoms with Gasteiger partial charge in [0.2, 0.25) is 0 Å². The van der Waals surface area contributed by atoms with Crippen molar-refractivity contribution in [3.8, 4) is 0 Å². The first-order valence-electron chi connectivity index (χ1n) is 12.5. The molecule has 1 aromatic rings. The first-order valence-corrected chi connectivity index (χ1v) is 19.1. The normalized spacial score (nSPS) is 14.3. The van der Waals surface area contributed by atoms with Crippen LogP contribution >= 0.6 is 15.9 Å². The predicted octanol–water partition coefficient (Wildman–Crippen LogP) is 8.59. The van der Waals surface area contributed by atoms with E-state index in [4.69, 9.17) is 8.85 Å². The van der Waals surface area contributed by atoms with Crippen LogP contribution in [0.2, 0.25) is 36.3 Å². The molecule has 0 unspecified atom stereocenters. The highest BCUT2D eigenvalue weighted by molar-refractivity contribution is 9.10. The molecule has 192 valence electrons. The molecule has 0 fully saturated rings. The van der Waals surface area contributed by atoms with E-state index < -0.39 is 16.6 Å². The maximum atomic E-state index is 6.52. The highest BCUT2D eigenvalue weighted by Crippen LogP contribution is 2.37. The number of halogens is 1. The van der Waals surface area contributed by atoms with E-state index in [-0.39, 0.29) is 15.5 Å². The molecular formula is C27H52BrNO2Si2. The van der Waals surface area contributed by atoms with Crippen molar-refractivity contribution in [1.29, 1.82) is 0 Å². The summed E-state index contributed by atoms with van der Waals surface area (Å²) in [7, 11) is -3.50. The van der Waals surface area contributed by atoms with Crippen LogP contribution < -0.4 is 0 Å². The largest absolute Gasteiger partial charge is 0.416 e. The van der Waals surface area contributed by atoms with Crippen LogP contribution in [-0.4, -0.2) is 47.8 Å². The van der Waals surface area contributed by atoms with Gasteiger partial charge in [-0.1, -0.05) is 84.3 Å². The van der Waals surface area contributed by atoms with Crippen molar-refractivity contribution < 1.29 is 8.85 Å². The van der Waals surface area contributed by atoms with Gasteiger partial charge in [-0.15, -0.1) is 0 Å². The zero-order valence-corrected chi connectivity index (χ0v) is 27.5. The quantitative estimate of drug-likeness (QED) is 0.269. The summed E-state index contributed by atoms with van der Waals surface area (Å²) in [5, 5.41) is 0.463. The third kappa shape index (κ3) is 9.88. The summed E-state index contributed by atoms with van der Waals surface area (Å²) in [6, 6.07) is 6.86. The Morgan fingerprint density at radius 1 is 0.727 bits per heavy atom. The fourth-order valence-electron chi connectivity index (χ4n) is 3.00. The summed E-state index contributed by atoms with van der Waals surface area (Å²) < 4.78 is 14.2. The lowest BCUT2D eigenvalue weighted by Gasteiger charge is -2.38. The molecule has 0 saturated carbocycles. The Balaban J connectivity index is 2.97. The lowest BCUT2D eigenvalue weighted by atomic mass is 9.86. The molecule has 0 amide bonds. The van der Waals surface area contributed by atoms with Gasteiger partial charge in [-0.3, -0.25) is 4.90 Å². The van der Waals surface area contributed by atoms with Crippen molar-refractivity contribution in [2.45, 2.75) is 111 Å². The van der Waals surface area contributed by atoms with Crippen molar-refractivity contribution in [2.75, 3.05) is 26.3 Å². The molecule has 0 spiro atoms. The van der Waals surface area contributed by atoms with E-state index in [1.54, 1.807) is 0 Å². The summed E-state index contributed by atoms with van der Waals surface area (Å²) in [5.41, 5.74) is 2.83. The average Bonchev–Trinajstić information content (AvgIpc) is 2.58. The monoisotopic (exact) mass is 557 g/mol. The molecule has 0 aliphatic heterocycles. The van der Waals surface area contributed by atoms with Gasteiger partial charge < -0.3 is 8.85 Å². The molecular weight excluding hydrogens is 506 g/mol. The average molecular weight is 559 g/mol. The summed E-state index contributed by atoms with van der Waals surface area (Å²) in [6.07, 6.45) is 0. The molecule has 0 atom stereocenters. The molecule has 0 saturated heterocycles. The van der Waals surface area contributed by atoms with Crippen molar-refractivity contribution in [3.05, 3.63) is 33.8 Å². The zero-order chi connectivity index (χ0) is 25.9. The second-order valence-electron chi connectivity index (χ2n) is 13.6. The molecule has 0 bridgehead atoms. The first-order chi connectivity index (χ1) is 14.7. The van der Waals surface area contributed by atoms with Crippen molar-refractivity contribution in [1.82, 2.24) is 4.90 Å². The van der Waals surface area contributed by atoms with E-state index in [0.717, 1.165) is 37.3 Å². The van der Waals surface area contributed by atoms with Gasteiger partial charge in [0.25, 0.3) is 0 Å². The number of hydrogen-bond donors (Lipinski definition) is 0. The van der Waals surface area contributed by atoms with Crippen LogP contribution in [0.15, 0.2) is 22.7 Å². The molecule has 0 N–H and O–H groups in total. The van der Waals surface area contributed by atoms with Crippen molar-refractivity contribution >= 4 is 32.6 Å². The van der Waals surface area contributed by atoms with Gasteiger partial charge in [0.1, 0.15) is 0 Å². The Kier molecular flexibility index (Phi) is 10.7. The fraction of sp³-hybridized carbons (Fsp3) is 0.778. The smallest absolute Gasteiger partial charge is 0.192 e. The highest BCUT2D eigenvalue weighted by Gasteiger charge is 2.38. The Morgan fingerprint density at radius 3 is 1.52 bits per heavy atom. The summed E-state index contributed by atoms with van der Waals surface area (Å²) in [4.78, 5) is 2.51. The van der Waals surface area contributed by atoms with Gasteiger partial charge in [0.05, 0.1) is 0 Å². The molecule has 0 aromatic heterocycles. The Labute approximate surface area is 216 Å². The zero-order valence-electron chi connectivity index (χ0n) is 23.9. The number of rotatable bonds is 10. The fourth-order valence-corrected chi connectivity index (χ4v) is 5.61. The van der Waals surface area contributed by atoms with Gasteiger partial charge in [0, 0.05) is 37.3 Å². The van der Waals surface area contributed by atoms with Crippen molar-refractivity contribution in [3.63, 3.8) is 0 Å². The molecule has 0 aliphatic rings. The minimum Gasteiger partial charge on any atom is -0.416 e. The molecule has 0 radical (unpaired) electrons. The minimum atomic E-state index is -1.75. The van der Waals surface area contributed by atoms with Crippen LogP contribution in [0.5, 0.6) is 0 Å². The van der Waals surface area contributed by atoms with E-state index in [9.17, 15) is 0 Å². The van der Waals surface area contributed by atoms with Crippen LogP contribution in [0, 0.1) is 0 Å². The summed E-state index contributed by atoms with van der Waals surface area (Å²) in [6.45, 7) is 34.3. The van der Waals surface area contributed by atoms with Crippen LogP contribution in [-0.2, 0) is 20.8 Å². The molecule has 33 heavy (non-hydrogen) atoms. The van der Waals surface area contributed by atoms with E-state index in [1.165, 1.54) is 11.1 Å². The molecule has 0 heterocycles. The van der Waals surface area contributed by atoms with Gasteiger partial charge in [-0.2, -0.15) is 0 Å². The number of hydrogen-bond acceptors (Lipinski definition) is 3. The molecule has 6 heteroatoms. The van der Waals surface area contributed by atoms with Gasteiger partial charge >= 0.3 is 0 Å². The summed E-state index contributed by atoms with van der Waals surface area (Å²) >= 11 is 3.74. The Morgan fingerprint density at radius 2 is 1.15 bits per heavy atom. The molecule has 1 rings (SSSR count). The SMILES string of the molecule is CC(C)(C)c1cc(Br)cc(CN(CCO[Si](C)(C)C(C)(C)C)CCO[Si](C)(C)C(C)(C)C)c1. The van der Waals surface area contributed by atoms with E-state index in [2.05, 4.69) is 128 Å². The molecule has 0 aliphatic carbocycles. The number of nitrogens with zero attached hydrogens (tertiary/aromatic N) is 1. The second kappa shape index (κ2) is 11.4. The standard InChI is InChI=1S/C27H52BrNO2Si2/c1-25(2,3)23-18-22(19-24(28)20-23)21-29(14-16-30-32(10,11)26(4,5)6)15-17-31-33(12,13)27(7,8)9/h18-20H,14-17,21H2,1-13H3. The Hall–Kier alpha value is 0.0138. The predicted molar refractivity (Wildman–Crippen MR) is 154 cm³/mol. The highest BCUT2D eigenvalue weighted by atomic mass is 79.9. The van der Waals surface area contributed by atoms with Crippen LogP contribution in [0.3, 0.4) is 0 Å². The Bertz CT molecular complexity index is 727. The van der Waals surface area contributed by atoms with E-state index in [0.29, 0.717) is 0 Å². The maximum Gasteiger partial charge on any atom is 0.192 e. The maximum absolute atomic E-state index is 6.52.